The lowest BCUT2D eigenvalue weighted by Crippen LogP contribution is -2.38. The number of ether oxygens (including phenoxy) is 1. The van der Waals surface area contributed by atoms with Crippen LogP contribution in [-0.4, -0.2) is 27.5 Å². The average molecular weight is 487 g/mol. The van der Waals surface area contributed by atoms with E-state index in [2.05, 4.69) is 5.32 Å². The zero-order valence-electron chi connectivity index (χ0n) is 19.1. The number of sulfonamides is 1. The highest BCUT2D eigenvalue weighted by Crippen LogP contribution is 2.27. The monoisotopic (exact) mass is 486 g/mol. The minimum absolute atomic E-state index is 0.0382. The van der Waals surface area contributed by atoms with Crippen LogP contribution in [0.5, 0.6) is 5.75 Å². The van der Waals surface area contributed by atoms with E-state index in [1.165, 1.54) is 24.3 Å². The minimum Gasteiger partial charge on any atom is -0.494 e. The van der Waals surface area contributed by atoms with Gasteiger partial charge in [-0.05, 0) is 87.4 Å². The molecular formula is C25H27ClN2O4S. The first-order valence-corrected chi connectivity index (χ1v) is 12.3. The third-order valence-electron chi connectivity index (χ3n) is 5.07. The SMILES string of the molecule is CCOc1ccc(N(CC(=O)Nc2c(C)cc(C)cc2C)S(=O)(=O)c2ccc(Cl)cc2)cc1. The molecule has 0 radical (unpaired) electrons. The molecule has 0 atom stereocenters. The molecule has 0 aliphatic rings. The highest BCUT2D eigenvalue weighted by molar-refractivity contribution is 7.92. The Labute approximate surface area is 200 Å². The minimum atomic E-state index is -4.04. The van der Waals surface area contributed by atoms with Crippen molar-refractivity contribution in [1.29, 1.82) is 0 Å². The molecule has 0 aliphatic heterocycles. The van der Waals surface area contributed by atoms with Gasteiger partial charge >= 0.3 is 0 Å². The van der Waals surface area contributed by atoms with Crippen LogP contribution in [0.25, 0.3) is 0 Å². The van der Waals surface area contributed by atoms with Crippen LogP contribution < -0.4 is 14.4 Å². The number of hydrogen-bond acceptors (Lipinski definition) is 4. The van der Waals surface area contributed by atoms with Gasteiger partial charge in [0.15, 0.2) is 0 Å². The van der Waals surface area contributed by atoms with Crippen molar-refractivity contribution in [2.24, 2.45) is 0 Å². The molecule has 8 heteroatoms. The fraction of sp³-hybridized carbons (Fsp3) is 0.240. The molecule has 1 N–H and O–H groups in total. The van der Waals surface area contributed by atoms with E-state index in [0.717, 1.165) is 21.0 Å². The van der Waals surface area contributed by atoms with Gasteiger partial charge in [0.1, 0.15) is 12.3 Å². The maximum atomic E-state index is 13.5. The van der Waals surface area contributed by atoms with E-state index < -0.39 is 22.5 Å². The fourth-order valence-electron chi connectivity index (χ4n) is 3.61. The third kappa shape index (κ3) is 5.86. The van der Waals surface area contributed by atoms with Crippen LogP contribution in [0.2, 0.25) is 5.02 Å². The van der Waals surface area contributed by atoms with Gasteiger partial charge in [0.05, 0.1) is 17.2 Å². The fourth-order valence-corrected chi connectivity index (χ4v) is 5.16. The van der Waals surface area contributed by atoms with Crippen molar-refractivity contribution in [3.8, 4) is 5.75 Å². The number of carbonyl (C=O) groups is 1. The number of anilines is 2. The number of hydrogen-bond donors (Lipinski definition) is 1. The second-order valence-corrected chi connectivity index (χ2v) is 10.0. The van der Waals surface area contributed by atoms with E-state index in [0.29, 0.717) is 28.8 Å². The molecule has 33 heavy (non-hydrogen) atoms. The number of halogens is 1. The Kier molecular flexibility index (Phi) is 7.66. The predicted octanol–water partition coefficient (Wildman–Crippen LogP) is 5.50. The van der Waals surface area contributed by atoms with Gasteiger partial charge in [0, 0.05) is 10.7 Å². The normalized spacial score (nSPS) is 11.2. The van der Waals surface area contributed by atoms with E-state index in [9.17, 15) is 13.2 Å². The quantitative estimate of drug-likeness (QED) is 0.456. The van der Waals surface area contributed by atoms with Crippen molar-refractivity contribution < 1.29 is 17.9 Å². The summed E-state index contributed by atoms with van der Waals surface area (Å²) in [4.78, 5) is 13.1. The van der Waals surface area contributed by atoms with E-state index in [4.69, 9.17) is 16.3 Å². The predicted molar refractivity (Wildman–Crippen MR) is 133 cm³/mol. The number of amides is 1. The van der Waals surface area contributed by atoms with Crippen LogP contribution in [0.3, 0.4) is 0 Å². The van der Waals surface area contributed by atoms with Gasteiger partial charge in [-0.3, -0.25) is 9.10 Å². The largest absolute Gasteiger partial charge is 0.494 e. The molecule has 174 valence electrons. The van der Waals surface area contributed by atoms with Crippen LogP contribution in [0.15, 0.2) is 65.6 Å². The van der Waals surface area contributed by atoms with Gasteiger partial charge in [-0.1, -0.05) is 29.3 Å². The first-order valence-electron chi connectivity index (χ1n) is 10.5. The van der Waals surface area contributed by atoms with E-state index in [1.54, 1.807) is 24.3 Å². The molecule has 0 spiro atoms. The average Bonchev–Trinajstić information content (AvgIpc) is 2.76. The maximum absolute atomic E-state index is 13.5. The van der Waals surface area contributed by atoms with Gasteiger partial charge in [-0.25, -0.2) is 8.42 Å². The molecule has 1 amide bonds. The summed E-state index contributed by atoms with van der Waals surface area (Å²) >= 11 is 5.93. The molecule has 0 saturated carbocycles. The maximum Gasteiger partial charge on any atom is 0.264 e. The number of rotatable bonds is 8. The van der Waals surface area contributed by atoms with E-state index in [1.807, 2.05) is 39.8 Å². The summed E-state index contributed by atoms with van der Waals surface area (Å²) in [7, 11) is -4.04. The Balaban J connectivity index is 1.96. The molecule has 3 rings (SSSR count). The van der Waals surface area contributed by atoms with Gasteiger partial charge in [0.25, 0.3) is 10.0 Å². The first kappa shape index (κ1) is 24.6. The summed E-state index contributed by atoms with van der Waals surface area (Å²) in [5.41, 5.74) is 3.94. The Bertz CT molecular complexity index is 1220. The van der Waals surface area contributed by atoms with Gasteiger partial charge in [-0.15, -0.1) is 0 Å². The van der Waals surface area contributed by atoms with Crippen LogP contribution >= 0.6 is 11.6 Å². The number of nitrogens with one attached hydrogen (secondary N) is 1. The van der Waals surface area contributed by atoms with Crippen molar-refractivity contribution in [3.63, 3.8) is 0 Å². The molecule has 0 fully saturated rings. The molecule has 0 aliphatic carbocycles. The number of aryl methyl sites for hydroxylation is 3. The number of benzene rings is 3. The zero-order chi connectivity index (χ0) is 24.2. The summed E-state index contributed by atoms with van der Waals surface area (Å²) in [5, 5.41) is 3.30. The Morgan fingerprint density at radius 1 is 0.970 bits per heavy atom. The Hall–Kier alpha value is -3.03. The van der Waals surface area contributed by atoms with Crippen molar-refractivity contribution >= 4 is 38.9 Å². The van der Waals surface area contributed by atoms with Crippen LogP contribution in [0.4, 0.5) is 11.4 Å². The third-order valence-corrected chi connectivity index (χ3v) is 7.11. The standard InChI is InChI=1S/C25H27ClN2O4S/c1-5-32-22-10-8-21(9-11-22)28(33(30,31)23-12-6-20(26)7-13-23)16-24(29)27-25-18(3)14-17(2)15-19(25)4/h6-15H,5,16H2,1-4H3,(H,27,29). The van der Waals surface area contributed by atoms with Crippen LogP contribution in [0, 0.1) is 20.8 Å². The summed E-state index contributed by atoms with van der Waals surface area (Å²) < 4.78 is 33.5. The van der Waals surface area contributed by atoms with E-state index in [-0.39, 0.29) is 4.90 Å². The highest BCUT2D eigenvalue weighted by Gasteiger charge is 2.27. The van der Waals surface area contributed by atoms with Crippen molar-refractivity contribution in [2.45, 2.75) is 32.6 Å². The molecule has 0 unspecified atom stereocenters. The van der Waals surface area contributed by atoms with Gasteiger partial charge in [-0.2, -0.15) is 0 Å². The molecule has 0 aromatic heterocycles. The lowest BCUT2D eigenvalue weighted by molar-refractivity contribution is -0.114. The van der Waals surface area contributed by atoms with Gasteiger partial charge < -0.3 is 10.1 Å². The molecular weight excluding hydrogens is 460 g/mol. The zero-order valence-corrected chi connectivity index (χ0v) is 20.6. The molecule has 3 aromatic rings. The molecule has 6 nitrogen and oxygen atoms in total. The smallest absolute Gasteiger partial charge is 0.264 e. The first-order chi connectivity index (χ1) is 15.6. The van der Waals surface area contributed by atoms with E-state index >= 15 is 0 Å². The van der Waals surface area contributed by atoms with Crippen molar-refractivity contribution in [2.75, 3.05) is 22.8 Å². The van der Waals surface area contributed by atoms with Crippen LogP contribution in [0.1, 0.15) is 23.6 Å². The Morgan fingerprint density at radius 2 is 1.55 bits per heavy atom. The lowest BCUT2D eigenvalue weighted by atomic mass is 10.1. The topological polar surface area (TPSA) is 75.7 Å². The summed E-state index contributed by atoms with van der Waals surface area (Å²) in [6, 6.07) is 16.4. The summed E-state index contributed by atoms with van der Waals surface area (Å²) in [6.45, 7) is 7.76. The molecule has 0 bridgehead atoms. The second-order valence-electron chi connectivity index (χ2n) is 7.71. The number of carbonyl (C=O) groups excluding carboxylic acids is 1. The highest BCUT2D eigenvalue weighted by atomic mass is 35.5. The second kappa shape index (κ2) is 10.3. The molecule has 3 aromatic carbocycles. The molecule has 0 heterocycles. The molecule has 0 saturated heterocycles. The Morgan fingerprint density at radius 3 is 2.09 bits per heavy atom. The van der Waals surface area contributed by atoms with Crippen LogP contribution in [-0.2, 0) is 14.8 Å². The van der Waals surface area contributed by atoms with Gasteiger partial charge in [0.2, 0.25) is 5.91 Å². The summed E-state index contributed by atoms with van der Waals surface area (Å²) in [6.07, 6.45) is 0. The van der Waals surface area contributed by atoms with Crippen molar-refractivity contribution in [3.05, 3.63) is 82.4 Å². The number of nitrogens with zero attached hydrogens (tertiary/aromatic N) is 1. The summed E-state index contributed by atoms with van der Waals surface area (Å²) in [5.74, 6) is 0.164. The lowest BCUT2D eigenvalue weighted by Gasteiger charge is -2.25. The van der Waals surface area contributed by atoms with Crippen molar-refractivity contribution in [1.82, 2.24) is 0 Å².